The molecule has 1 atom stereocenters. The van der Waals surface area contributed by atoms with Gasteiger partial charge in [-0.1, -0.05) is 59.0 Å². The number of hydrogen-bond acceptors (Lipinski definition) is 9. The zero-order valence-corrected chi connectivity index (χ0v) is 20.2. The first-order chi connectivity index (χ1) is 16.6. The largest absolute Gasteiger partial charge is 0.384 e. The van der Waals surface area contributed by atoms with Crippen molar-refractivity contribution in [1.29, 1.82) is 5.26 Å². The van der Waals surface area contributed by atoms with Crippen molar-refractivity contribution in [3.63, 3.8) is 0 Å². The maximum atomic E-state index is 13.1. The summed E-state index contributed by atoms with van der Waals surface area (Å²) in [7, 11) is 0. The van der Waals surface area contributed by atoms with Crippen molar-refractivity contribution in [2.45, 2.75) is 42.2 Å². The number of anilines is 1. The number of benzene rings is 1. The SMILES string of the molecule is Cc1ccc(CSc2nnc(N3C(N)=C(C#N)[C@H](c4cccnc4)C4=C3CCCC4=O)s2)cc1. The lowest BCUT2D eigenvalue weighted by atomic mass is 9.76. The number of aryl methyl sites for hydroxylation is 1. The van der Waals surface area contributed by atoms with Crippen LogP contribution in [0.4, 0.5) is 5.13 Å². The summed E-state index contributed by atoms with van der Waals surface area (Å²) >= 11 is 3.02. The lowest BCUT2D eigenvalue weighted by Gasteiger charge is -2.37. The van der Waals surface area contributed by atoms with Gasteiger partial charge >= 0.3 is 0 Å². The minimum Gasteiger partial charge on any atom is -0.384 e. The zero-order valence-electron chi connectivity index (χ0n) is 18.6. The highest BCUT2D eigenvalue weighted by atomic mass is 32.2. The van der Waals surface area contributed by atoms with Gasteiger partial charge in [0.2, 0.25) is 5.13 Å². The zero-order chi connectivity index (χ0) is 23.7. The van der Waals surface area contributed by atoms with Gasteiger partial charge < -0.3 is 5.73 Å². The van der Waals surface area contributed by atoms with Crippen LogP contribution in [0, 0.1) is 18.3 Å². The molecule has 2 aliphatic rings. The molecule has 2 aromatic heterocycles. The summed E-state index contributed by atoms with van der Waals surface area (Å²) in [5, 5.41) is 19.4. The number of nitrogens with two attached hydrogens (primary N) is 1. The van der Waals surface area contributed by atoms with Gasteiger partial charge in [-0.15, -0.1) is 10.2 Å². The van der Waals surface area contributed by atoms with Crippen LogP contribution < -0.4 is 10.6 Å². The van der Waals surface area contributed by atoms with Crippen LogP contribution in [0.5, 0.6) is 0 Å². The topological polar surface area (TPSA) is 109 Å². The summed E-state index contributed by atoms with van der Waals surface area (Å²) in [6, 6.07) is 14.4. The lowest BCUT2D eigenvalue weighted by Crippen LogP contribution is -2.38. The Morgan fingerprint density at radius 1 is 1.24 bits per heavy atom. The Kier molecular flexibility index (Phi) is 6.18. The Hall–Kier alpha value is -3.48. The highest BCUT2D eigenvalue weighted by molar-refractivity contribution is 8.00. The van der Waals surface area contributed by atoms with Crippen LogP contribution in [0.25, 0.3) is 0 Å². The number of thioether (sulfide) groups is 1. The minimum absolute atomic E-state index is 0.0406. The van der Waals surface area contributed by atoms with Crippen molar-refractivity contribution in [2.75, 3.05) is 4.90 Å². The third-order valence-corrected chi connectivity index (χ3v) is 8.11. The second kappa shape index (κ2) is 9.41. The number of aromatic nitrogens is 3. The Bertz CT molecular complexity index is 1340. The number of carbonyl (C=O) groups is 1. The summed E-state index contributed by atoms with van der Waals surface area (Å²) in [6.07, 6.45) is 5.24. The summed E-state index contributed by atoms with van der Waals surface area (Å²) in [5.74, 6) is 0.607. The fourth-order valence-electron chi connectivity index (χ4n) is 4.37. The van der Waals surface area contributed by atoms with Gasteiger partial charge in [0.05, 0.1) is 17.6 Å². The quantitative estimate of drug-likeness (QED) is 0.510. The maximum Gasteiger partial charge on any atom is 0.219 e. The fourth-order valence-corrected chi connectivity index (χ4v) is 6.20. The van der Waals surface area contributed by atoms with Gasteiger partial charge in [0.1, 0.15) is 5.82 Å². The van der Waals surface area contributed by atoms with E-state index in [2.05, 4.69) is 52.4 Å². The molecule has 0 fully saturated rings. The number of ketones is 1. The lowest BCUT2D eigenvalue weighted by molar-refractivity contribution is -0.116. The predicted molar refractivity (Wildman–Crippen MR) is 133 cm³/mol. The van der Waals surface area contributed by atoms with Crippen LogP contribution in [-0.2, 0) is 10.5 Å². The number of hydrogen-bond donors (Lipinski definition) is 1. The predicted octanol–water partition coefficient (Wildman–Crippen LogP) is 4.84. The molecule has 170 valence electrons. The van der Waals surface area contributed by atoms with Crippen LogP contribution in [0.15, 0.2) is 75.8 Å². The van der Waals surface area contributed by atoms with Crippen molar-refractivity contribution < 1.29 is 4.79 Å². The van der Waals surface area contributed by atoms with E-state index in [1.54, 1.807) is 29.1 Å². The minimum atomic E-state index is -0.513. The van der Waals surface area contributed by atoms with Crippen molar-refractivity contribution in [3.05, 3.63) is 88.1 Å². The van der Waals surface area contributed by atoms with Crippen LogP contribution in [0.2, 0.25) is 0 Å². The van der Waals surface area contributed by atoms with Crippen molar-refractivity contribution in [2.24, 2.45) is 5.73 Å². The first kappa shape index (κ1) is 22.3. The van der Waals surface area contributed by atoms with Crippen LogP contribution >= 0.6 is 23.1 Å². The summed E-state index contributed by atoms with van der Waals surface area (Å²) < 4.78 is 0.806. The molecular formula is C25H22N6OS2. The van der Waals surface area contributed by atoms with Crippen LogP contribution in [0.1, 0.15) is 41.9 Å². The highest BCUT2D eigenvalue weighted by Gasteiger charge is 2.41. The summed E-state index contributed by atoms with van der Waals surface area (Å²) in [4.78, 5) is 19.1. The standard InChI is InChI=1S/C25H22N6OS2/c1-15-7-9-16(10-8-15)14-33-25-30-29-24(34-25)31-19-5-2-6-20(32)22(19)21(18(12-26)23(31)27)17-4-3-11-28-13-17/h3-4,7-11,13,21H,2,5-6,14,27H2,1H3/t21-/m0/s1. The smallest absolute Gasteiger partial charge is 0.219 e. The third kappa shape index (κ3) is 4.11. The van der Waals surface area contributed by atoms with Crippen molar-refractivity contribution >= 4 is 34.0 Å². The molecule has 3 aromatic rings. The highest BCUT2D eigenvalue weighted by Crippen LogP contribution is 2.47. The van der Waals surface area contributed by atoms with Gasteiger partial charge in [0.25, 0.3) is 0 Å². The van der Waals surface area contributed by atoms with E-state index in [1.165, 1.54) is 22.5 Å². The normalized spacial score (nSPS) is 18.2. The van der Waals surface area contributed by atoms with Crippen molar-refractivity contribution in [3.8, 4) is 6.07 Å². The number of pyridine rings is 1. The molecule has 1 aliphatic heterocycles. The second-order valence-electron chi connectivity index (χ2n) is 8.23. The average molecular weight is 487 g/mol. The molecular weight excluding hydrogens is 464 g/mol. The van der Waals surface area contributed by atoms with Gasteiger partial charge in [-0.2, -0.15) is 5.26 Å². The maximum absolute atomic E-state index is 13.1. The van der Waals surface area contributed by atoms with Gasteiger partial charge in [0, 0.05) is 35.8 Å². The second-order valence-corrected chi connectivity index (χ2v) is 10.4. The Morgan fingerprint density at radius 2 is 2.06 bits per heavy atom. The molecule has 2 N–H and O–H groups in total. The molecule has 5 rings (SSSR count). The molecule has 0 spiro atoms. The molecule has 0 bridgehead atoms. The molecule has 0 saturated carbocycles. The third-order valence-electron chi connectivity index (χ3n) is 6.00. The van der Waals surface area contributed by atoms with Crippen LogP contribution in [0.3, 0.4) is 0 Å². The Balaban J connectivity index is 1.51. The van der Waals surface area contributed by atoms with E-state index in [9.17, 15) is 10.1 Å². The van der Waals surface area contributed by atoms with Crippen molar-refractivity contribution in [1.82, 2.24) is 15.2 Å². The van der Waals surface area contributed by atoms with E-state index in [4.69, 9.17) is 5.73 Å². The number of allylic oxidation sites excluding steroid dienone is 3. The van der Waals surface area contributed by atoms with Gasteiger partial charge in [0.15, 0.2) is 10.1 Å². The number of carbonyl (C=O) groups excluding carboxylic acids is 1. The molecule has 1 aromatic carbocycles. The summed E-state index contributed by atoms with van der Waals surface area (Å²) in [6.45, 7) is 2.07. The molecule has 7 nitrogen and oxygen atoms in total. The molecule has 3 heterocycles. The first-order valence-electron chi connectivity index (χ1n) is 10.9. The molecule has 0 saturated heterocycles. The van der Waals surface area contributed by atoms with Gasteiger partial charge in [-0.05, 0) is 37.0 Å². The summed E-state index contributed by atoms with van der Waals surface area (Å²) in [5.41, 5.74) is 11.6. The first-order valence-corrected chi connectivity index (χ1v) is 12.7. The van der Waals surface area contributed by atoms with Crippen LogP contribution in [-0.4, -0.2) is 21.0 Å². The van der Waals surface area contributed by atoms with E-state index < -0.39 is 5.92 Å². The van der Waals surface area contributed by atoms with E-state index >= 15 is 0 Å². The number of Topliss-reactive ketones (excluding diaryl/α,β-unsaturated/α-hetero) is 1. The molecule has 0 amide bonds. The number of nitrogens with zero attached hydrogens (tertiary/aromatic N) is 5. The van der Waals surface area contributed by atoms with E-state index in [0.717, 1.165) is 27.8 Å². The average Bonchev–Trinajstić information content (AvgIpc) is 3.32. The Morgan fingerprint density at radius 3 is 2.79 bits per heavy atom. The monoisotopic (exact) mass is 486 g/mol. The van der Waals surface area contributed by atoms with Gasteiger partial charge in [-0.3, -0.25) is 14.7 Å². The molecule has 9 heteroatoms. The molecule has 34 heavy (non-hydrogen) atoms. The van der Waals surface area contributed by atoms with E-state index in [-0.39, 0.29) is 5.78 Å². The molecule has 0 radical (unpaired) electrons. The number of rotatable bonds is 5. The van der Waals surface area contributed by atoms with Gasteiger partial charge in [-0.25, -0.2) is 0 Å². The van der Waals surface area contributed by atoms with E-state index in [0.29, 0.717) is 34.9 Å². The van der Waals surface area contributed by atoms with E-state index in [1.807, 2.05) is 12.1 Å². The number of nitriles is 1. The molecule has 0 unspecified atom stereocenters. The molecule has 1 aliphatic carbocycles. The fraction of sp³-hybridized carbons (Fsp3) is 0.240. The Labute approximate surface area is 206 Å².